The molecule has 0 unspecified atom stereocenters. The summed E-state index contributed by atoms with van der Waals surface area (Å²) >= 11 is 0. The van der Waals surface area contributed by atoms with E-state index in [4.69, 9.17) is 4.74 Å². The van der Waals surface area contributed by atoms with Crippen LogP contribution in [0.4, 0.5) is 0 Å². The van der Waals surface area contributed by atoms with Crippen molar-refractivity contribution in [3.05, 3.63) is 35.9 Å². The fraction of sp³-hybridized carbons (Fsp3) is 0.725. The molecule has 1 aromatic carbocycles. The number of likely N-dealkylation sites (tertiary alicyclic amines) is 1. The molecule has 0 spiro atoms. The van der Waals surface area contributed by atoms with E-state index in [-0.39, 0.29) is 66.2 Å². The second-order valence-electron chi connectivity index (χ2n) is 15.7. The molecule has 0 aromatic heterocycles. The largest absolute Gasteiger partial charge is 0.480 e. The highest BCUT2D eigenvalue weighted by Crippen LogP contribution is 2.31. The van der Waals surface area contributed by atoms with Gasteiger partial charge in [0.1, 0.15) is 12.1 Å². The third-order valence-electron chi connectivity index (χ3n) is 11.1. The average molecular weight is 730 g/mol. The van der Waals surface area contributed by atoms with Gasteiger partial charge in [0.25, 0.3) is 0 Å². The first-order valence-electron chi connectivity index (χ1n) is 19.0. The van der Waals surface area contributed by atoms with Gasteiger partial charge in [0.15, 0.2) is 0 Å². The van der Waals surface area contributed by atoms with Crippen molar-refractivity contribution in [2.75, 3.05) is 34.8 Å². The molecule has 0 saturated carbocycles. The molecule has 2 rings (SSSR count). The molecule has 1 aliphatic rings. The first kappa shape index (κ1) is 44.7. The van der Waals surface area contributed by atoms with Crippen molar-refractivity contribution in [2.45, 2.75) is 124 Å². The number of hydrogen-bond donors (Lipinski definition) is 3. The Morgan fingerprint density at radius 1 is 0.923 bits per heavy atom. The lowest BCUT2D eigenvalue weighted by Crippen LogP contribution is -2.59. The van der Waals surface area contributed by atoms with Crippen LogP contribution >= 0.6 is 0 Å². The molecule has 12 nitrogen and oxygen atoms in total. The number of methoxy groups -OCH3 is 1. The van der Waals surface area contributed by atoms with E-state index in [1.165, 1.54) is 0 Å². The van der Waals surface area contributed by atoms with Crippen LogP contribution in [-0.2, 0) is 35.1 Å². The minimum absolute atomic E-state index is 0.0181. The van der Waals surface area contributed by atoms with E-state index in [0.717, 1.165) is 24.8 Å². The summed E-state index contributed by atoms with van der Waals surface area (Å²) in [4.78, 5) is 72.5. The Labute approximate surface area is 312 Å². The van der Waals surface area contributed by atoms with Crippen LogP contribution in [0.1, 0.15) is 86.6 Å². The Morgan fingerprint density at radius 3 is 2.04 bits per heavy atom. The van der Waals surface area contributed by atoms with Gasteiger partial charge in [-0.1, -0.05) is 92.1 Å². The van der Waals surface area contributed by atoms with Crippen LogP contribution in [0.3, 0.4) is 0 Å². The highest BCUT2D eigenvalue weighted by atomic mass is 16.5. The Morgan fingerprint density at radius 2 is 1.54 bits per heavy atom. The monoisotopic (exact) mass is 730 g/mol. The molecule has 1 heterocycles. The molecule has 1 saturated heterocycles. The van der Waals surface area contributed by atoms with Crippen molar-refractivity contribution in [1.82, 2.24) is 25.3 Å². The fourth-order valence-electron chi connectivity index (χ4n) is 7.70. The van der Waals surface area contributed by atoms with Gasteiger partial charge in [0.2, 0.25) is 23.6 Å². The molecule has 52 heavy (non-hydrogen) atoms. The number of aliphatic carboxylic acids is 1. The standard InChI is InChI=1S/C40H67N5O7/c1-13-26(6)36(44(11)39(49)34(24(2)3)42-38(48)35(25(4)5)43(9)10)32(52-12)23-33(46)45-21-17-20-31(45)27(7)28(8)37(47)41-30(40(50)51)22-29-18-15-14-16-19-29/h14-16,18-19,24-28,30-32,34-36H,13,17,20-23H2,1-12H3,(H,41,47)(H,42,48)(H,50,51)/t26-,27+,28+,30-,31-,32+,34-,35-,36-/m0/s1. The van der Waals surface area contributed by atoms with Crippen LogP contribution < -0.4 is 10.6 Å². The second-order valence-corrected chi connectivity index (χ2v) is 15.7. The number of benzene rings is 1. The van der Waals surface area contributed by atoms with Crippen LogP contribution in [0.15, 0.2) is 30.3 Å². The number of nitrogens with one attached hydrogen (secondary N) is 2. The predicted octanol–water partition coefficient (Wildman–Crippen LogP) is 4.07. The summed E-state index contributed by atoms with van der Waals surface area (Å²) in [6.07, 6.45) is 1.84. The quantitative estimate of drug-likeness (QED) is 0.182. The van der Waals surface area contributed by atoms with Crippen molar-refractivity contribution in [3.63, 3.8) is 0 Å². The molecule has 3 N–H and O–H groups in total. The van der Waals surface area contributed by atoms with Crippen molar-refractivity contribution >= 4 is 29.6 Å². The van der Waals surface area contributed by atoms with Gasteiger partial charge in [-0.15, -0.1) is 0 Å². The van der Waals surface area contributed by atoms with Gasteiger partial charge in [-0.05, 0) is 56.2 Å². The topological polar surface area (TPSA) is 149 Å². The maximum absolute atomic E-state index is 14.2. The number of nitrogens with zero attached hydrogens (tertiary/aromatic N) is 3. The number of ether oxygens (including phenoxy) is 1. The number of rotatable bonds is 20. The van der Waals surface area contributed by atoms with E-state index in [1.807, 2.05) is 103 Å². The third-order valence-corrected chi connectivity index (χ3v) is 11.1. The van der Waals surface area contributed by atoms with Gasteiger partial charge < -0.3 is 30.3 Å². The molecule has 294 valence electrons. The lowest BCUT2D eigenvalue weighted by molar-refractivity contribution is -0.147. The number of amides is 4. The number of carbonyl (C=O) groups excluding carboxylic acids is 4. The van der Waals surface area contributed by atoms with Crippen molar-refractivity contribution < 1.29 is 33.8 Å². The molecule has 12 heteroatoms. The minimum atomic E-state index is -1.10. The van der Waals surface area contributed by atoms with Crippen LogP contribution in [0.25, 0.3) is 0 Å². The third kappa shape index (κ3) is 11.7. The number of carboxylic acid groups (broad SMARTS) is 1. The van der Waals surface area contributed by atoms with Crippen molar-refractivity contribution in [3.8, 4) is 0 Å². The molecule has 0 radical (unpaired) electrons. The zero-order valence-electron chi connectivity index (χ0n) is 33.7. The molecule has 9 atom stereocenters. The normalized spacial score (nSPS) is 19.4. The zero-order chi connectivity index (χ0) is 39.4. The summed E-state index contributed by atoms with van der Waals surface area (Å²) in [6, 6.07) is 6.30. The van der Waals surface area contributed by atoms with Crippen LogP contribution in [0.5, 0.6) is 0 Å². The summed E-state index contributed by atoms with van der Waals surface area (Å²) in [6.45, 7) is 16.1. The van der Waals surface area contributed by atoms with E-state index in [1.54, 1.807) is 26.0 Å². The van der Waals surface area contributed by atoms with Crippen LogP contribution in [0.2, 0.25) is 0 Å². The Kier molecular flexibility index (Phi) is 17.7. The van der Waals surface area contributed by atoms with Gasteiger partial charge in [-0.25, -0.2) is 4.79 Å². The van der Waals surface area contributed by atoms with Gasteiger partial charge in [0, 0.05) is 39.1 Å². The predicted molar refractivity (Wildman–Crippen MR) is 203 cm³/mol. The second kappa shape index (κ2) is 20.7. The Balaban J connectivity index is 2.23. The molecule has 1 fully saturated rings. The van der Waals surface area contributed by atoms with Crippen molar-refractivity contribution in [1.29, 1.82) is 0 Å². The van der Waals surface area contributed by atoms with E-state index < -0.39 is 42.2 Å². The van der Waals surface area contributed by atoms with Crippen LogP contribution in [0, 0.1) is 29.6 Å². The van der Waals surface area contributed by atoms with E-state index in [0.29, 0.717) is 6.54 Å². The first-order valence-corrected chi connectivity index (χ1v) is 19.0. The lowest BCUT2D eigenvalue weighted by atomic mass is 9.86. The fourth-order valence-corrected chi connectivity index (χ4v) is 7.70. The average Bonchev–Trinajstić information content (AvgIpc) is 3.59. The van der Waals surface area contributed by atoms with Gasteiger partial charge in [-0.3, -0.25) is 24.1 Å². The summed E-state index contributed by atoms with van der Waals surface area (Å²) < 4.78 is 6.00. The van der Waals surface area contributed by atoms with E-state index in [9.17, 15) is 29.1 Å². The summed E-state index contributed by atoms with van der Waals surface area (Å²) in [7, 11) is 6.99. The number of carbonyl (C=O) groups is 5. The van der Waals surface area contributed by atoms with Gasteiger partial charge >= 0.3 is 5.97 Å². The maximum Gasteiger partial charge on any atom is 0.326 e. The molecule has 1 aliphatic heterocycles. The number of likely N-dealkylation sites (N-methyl/N-ethyl adjacent to an activating group) is 2. The van der Waals surface area contributed by atoms with E-state index >= 15 is 0 Å². The number of carboxylic acids is 1. The van der Waals surface area contributed by atoms with Gasteiger partial charge in [0.05, 0.1) is 24.6 Å². The summed E-state index contributed by atoms with van der Waals surface area (Å²) in [5, 5.41) is 15.6. The molecule has 0 bridgehead atoms. The minimum Gasteiger partial charge on any atom is -0.480 e. The molecule has 1 aromatic rings. The zero-order valence-corrected chi connectivity index (χ0v) is 33.7. The maximum atomic E-state index is 14.2. The Hall–Kier alpha value is -3.51. The van der Waals surface area contributed by atoms with Gasteiger partial charge in [-0.2, -0.15) is 0 Å². The molecular formula is C40H67N5O7. The highest BCUT2D eigenvalue weighted by molar-refractivity contribution is 5.90. The molecule has 0 aliphatic carbocycles. The van der Waals surface area contributed by atoms with Crippen molar-refractivity contribution in [2.24, 2.45) is 29.6 Å². The Bertz CT molecular complexity index is 1310. The highest BCUT2D eigenvalue weighted by Gasteiger charge is 2.42. The molecular weight excluding hydrogens is 662 g/mol. The lowest BCUT2D eigenvalue weighted by Gasteiger charge is -2.41. The first-order chi connectivity index (χ1) is 24.4. The SMILES string of the molecule is CC[C@H](C)[C@@H]([C@@H](CC(=O)N1CCC[C@H]1[C@H](C)[C@@H](C)C(=O)N[C@@H](Cc1ccccc1)C(=O)O)OC)N(C)C(=O)[C@@H](NC(=O)[C@H](C(C)C)N(C)C)C(C)C. The van der Waals surface area contributed by atoms with Crippen LogP contribution in [-0.4, -0.2) is 121 Å². The number of hydrogen-bond acceptors (Lipinski definition) is 7. The van der Waals surface area contributed by atoms with E-state index in [2.05, 4.69) is 10.6 Å². The summed E-state index contributed by atoms with van der Waals surface area (Å²) in [5.41, 5.74) is 0.813. The summed E-state index contributed by atoms with van der Waals surface area (Å²) in [5.74, 6) is -2.95. The smallest absolute Gasteiger partial charge is 0.326 e. The molecule has 4 amide bonds.